The van der Waals surface area contributed by atoms with Gasteiger partial charge in [-0.3, -0.25) is 9.59 Å². The molecule has 0 radical (unpaired) electrons. The van der Waals surface area contributed by atoms with Crippen molar-refractivity contribution in [2.75, 3.05) is 6.54 Å². The molecule has 7 heteroatoms. The molecule has 0 atom stereocenters. The molecular weight excluding hydrogens is 418 g/mol. The van der Waals surface area contributed by atoms with E-state index in [1.165, 1.54) is 11.3 Å². The number of imidazole rings is 1. The average Bonchev–Trinajstić information content (AvgIpc) is 3.40. The molecule has 0 aliphatic carbocycles. The first-order valence-electron chi connectivity index (χ1n) is 9.66. The van der Waals surface area contributed by atoms with E-state index in [0.717, 1.165) is 23.3 Å². The van der Waals surface area contributed by atoms with Crippen molar-refractivity contribution in [3.63, 3.8) is 0 Å². The zero-order valence-electron chi connectivity index (χ0n) is 16.2. The SMILES string of the molecule is O=C(Cn1c(CCCNC(=O)c2cccs2)nc2ccccc21)c1ccc(Cl)cc1. The van der Waals surface area contributed by atoms with Gasteiger partial charge in [-0.25, -0.2) is 4.98 Å². The Morgan fingerprint density at radius 3 is 2.60 bits per heavy atom. The number of nitrogens with one attached hydrogen (secondary N) is 1. The molecule has 1 N–H and O–H groups in total. The molecule has 0 aliphatic rings. The maximum absolute atomic E-state index is 12.8. The second-order valence-corrected chi connectivity index (χ2v) is 8.25. The molecule has 0 saturated heterocycles. The van der Waals surface area contributed by atoms with Gasteiger partial charge in [0.25, 0.3) is 5.91 Å². The molecule has 2 heterocycles. The topological polar surface area (TPSA) is 64.0 Å². The van der Waals surface area contributed by atoms with Crippen LogP contribution in [0, 0.1) is 0 Å². The van der Waals surface area contributed by atoms with Crippen LogP contribution in [0.5, 0.6) is 0 Å². The van der Waals surface area contributed by atoms with Crippen LogP contribution in [0.3, 0.4) is 0 Å². The molecule has 0 fully saturated rings. The second-order valence-electron chi connectivity index (χ2n) is 6.87. The zero-order chi connectivity index (χ0) is 20.9. The number of halogens is 1. The number of nitrogens with zero attached hydrogens (tertiary/aromatic N) is 2. The van der Waals surface area contributed by atoms with Crippen LogP contribution in [0.4, 0.5) is 0 Å². The first-order chi connectivity index (χ1) is 14.6. The third kappa shape index (κ3) is 4.61. The number of benzene rings is 2. The molecule has 2 aromatic heterocycles. The average molecular weight is 438 g/mol. The van der Waals surface area contributed by atoms with E-state index in [4.69, 9.17) is 16.6 Å². The van der Waals surface area contributed by atoms with E-state index in [0.29, 0.717) is 28.4 Å². The molecule has 1 amide bonds. The van der Waals surface area contributed by atoms with Gasteiger partial charge in [0.15, 0.2) is 5.78 Å². The molecule has 152 valence electrons. The predicted octanol–water partition coefficient (Wildman–Crippen LogP) is 5.00. The number of aromatic nitrogens is 2. The monoisotopic (exact) mass is 437 g/mol. The molecule has 4 rings (SSSR count). The van der Waals surface area contributed by atoms with Crippen LogP contribution in [0.2, 0.25) is 5.02 Å². The fraction of sp³-hybridized carbons (Fsp3) is 0.174. The molecule has 0 spiro atoms. The van der Waals surface area contributed by atoms with Crippen molar-refractivity contribution in [3.8, 4) is 0 Å². The predicted molar refractivity (Wildman–Crippen MR) is 120 cm³/mol. The van der Waals surface area contributed by atoms with Crippen LogP contribution in [0.25, 0.3) is 11.0 Å². The molecule has 2 aromatic carbocycles. The first-order valence-corrected chi connectivity index (χ1v) is 10.9. The number of carbonyl (C=O) groups is 2. The van der Waals surface area contributed by atoms with Gasteiger partial charge in [-0.2, -0.15) is 0 Å². The molecule has 5 nitrogen and oxygen atoms in total. The van der Waals surface area contributed by atoms with Crippen molar-refractivity contribution in [1.29, 1.82) is 0 Å². The fourth-order valence-electron chi connectivity index (χ4n) is 3.31. The van der Waals surface area contributed by atoms with E-state index in [1.807, 2.05) is 46.3 Å². The Bertz CT molecular complexity index is 1170. The van der Waals surface area contributed by atoms with Gasteiger partial charge < -0.3 is 9.88 Å². The molecule has 30 heavy (non-hydrogen) atoms. The van der Waals surface area contributed by atoms with Crippen molar-refractivity contribution in [2.24, 2.45) is 0 Å². The maximum atomic E-state index is 12.8. The van der Waals surface area contributed by atoms with E-state index in [1.54, 1.807) is 24.3 Å². The van der Waals surface area contributed by atoms with Gasteiger partial charge in [0.2, 0.25) is 0 Å². The molecule has 0 bridgehead atoms. The molecule has 4 aromatic rings. The summed E-state index contributed by atoms with van der Waals surface area (Å²) >= 11 is 7.35. The van der Waals surface area contributed by atoms with Crippen molar-refractivity contribution < 1.29 is 9.59 Å². The largest absolute Gasteiger partial charge is 0.351 e. The van der Waals surface area contributed by atoms with Gasteiger partial charge in [-0.15, -0.1) is 11.3 Å². The number of carbonyl (C=O) groups excluding carboxylic acids is 2. The highest BCUT2D eigenvalue weighted by Gasteiger charge is 2.15. The Balaban J connectivity index is 1.46. The van der Waals surface area contributed by atoms with Gasteiger partial charge in [-0.05, 0) is 54.3 Å². The Kier molecular flexibility index (Phi) is 6.26. The molecule has 0 aliphatic heterocycles. The summed E-state index contributed by atoms with van der Waals surface area (Å²) in [6, 6.07) is 18.4. The first kappa shape index (κ1) is 20.3. The Morgan fingerprint density at radius 2 is 1.83 bits per heavy atom. The number of amides is 1. The van der Waals surface area contributed by atoms with Crippen LogP contribution < -0.4 is 5.32 Å². The fourth-order valence-corrected chi connectivity index (χ4v) is 4.07. The van der Waals surface area contributed by atoms with E-state index >= 15 is 0 Å². The number of hydrogen-bond donors (Lipinski definition) is 1. The number of para-hydroxylation sites is 2. The number of fused-ring (bicyclic) bond motifs is 1. The number of Topliss-reactive ketones (excluding diaryl/α,β-unsaturated/α-hetero) is 1. The van der Waals surface area contributed by atoms with Gasteiger partial charge in [-0.1, -0.05) is 29.8 Å². The van der Waals surface area contributed by atoms with E-state index in [-0.39, 0.29) is 18.2 Å². The van der Waals surface area contributed by atoms with Crippen LogP contribution in [-0.2, 0) is 13.0 Å². The minimum Gasteiger partial charge on any atom is -0.351 e. The minimum atomic E-state index is -0.0589. The Labute approximate surface area is 183 Å². The quantitative estimate of drug-likeness (QED) is 0.312. The van der Waals surface area contributed by atoms with E-state index in [2.05, 4.69) is 5.32 Å². The standard InChI is InChI=1S/C23H20ClN3O2S/c24-17-11-9-16(10-12-17)20(28)15-27-19-6-2-1-5-18(19)26-22(27)8-3-13-25-23(29)21-7-4-14-30-21/h1-2,4-7,9-12,14H,3,8,13,15H2,(H,25,29). The summed E-state index contributed by atoms with van der Waals surface area (Å²) < 4.78 is 1.97. The Hall–Kier alpha value is -2.96. The van der Waals surface area contributed by atoms with Crippen molar-refractivity contribution >= 4 is 45.7 Å². The maximum Gasteiger partial charge on any atom is 0.261 e. The van der Waals surface area contributed by atoms with Gasteiger partial charge in [0, 0.05) is 23.6 Å². The van der Waals surface area contributed by atoms with E-state index in [9.17, 15) is 9.59 Å². The highest BCUT2D eigenvalue weighted by molar-refractivity contribution is 7.12. The van der Waals surface area contributed by atoms with Crippen molar-refractivity contribution in [2.45, 2.75) is 19.4 Å². The van der Waals surface area contributed by atoms with Crippen LogP contribution in [0.1, 0.15) is 32.3 Å². The summed E-state index contributed by atoms with van der Waals surface area (Å²) in [5.41, 5.74) is 2.41. The number of ketones is 1. The van der Waals surface area contributed by atoms with Gasteiger partial charge >= 0.3 is 0 Å². The zero-order valence-corrected chi connectivity index (χ0v) is 17.7. The van der Waals surface area contributed by atoms with Gasteiger partial charge in [0.05, 0.1) is 22.5 Å². The summed E-state index contributed by atoms with van der Waals surface area (Å²) in [6.07, 6.45) is 1.39. The number of rotatable bonds is 8. The van der Waals surface area contributed by atoms with Crippen molar-refractivity contribution in [1.82, 2.24) is 14.9 Å². The third-order valence-electron chi connectivity index (χ3n) is 4.81. The lowest BCUT2D eigenvalue weighted by molar-refractivity contribution is 0.0955. The smallest absolute Gasteiger partial charge is 0.261 e. The Morgan fingerprint density at radius 1 is 1.03 bits per heavy atom. The van der Waals surface area contributed by atoms with Crippen LogP contribution >= 0.6 is 22.9 Å². The third-order valence-corrected chi connectivity index (χ3v) is 5.93. The van der Waals surface area contributed by atoms with Crippen LogP contribution in [-0.4, -0.2) is 27.8 Å². The highest BCUT2D eigenvalue weighted by Crippen LogP contribution is 2.19. The van der Waals surface area contributed by atoms with Crippen molar-refractivity contribution in [3.05, 3.63) is 87.3 Å². The number of thiophene rings is 1. The normalized spacial score (nSPS) is 11.0. The van der Waals surface area contributed by atoms with Crippen LogP contribution in [0.15, 0.2) is 66.0 Å². The second kappa shape index (κ2) is 9.24. The lowest BCUT2D eigenvalue weighted by atomic mass is 10.1. The molecule has 0 unspecified atom stereocenters. The molecule has 0 saturated carbocycles. The number of aryl methyl sites for hydroxylation is 1. The van der Waals surface area contributed by atoms with Gasteiger partial charge in [0.1, 0.15) is 5.82 Å². The molecular formula is C23H20ClN3O2S. The summed E-state index contributed by atoms with van der Waals surface area (Å²) in [5.74, 6) is 0.780. The summed E-state index contributed by atoms with van der Waals surface area (Å²) in [6.45, 7) is 0.754. The number of hydrogen-bond acceptors (Lipinski definition) is 4. The highest BCUT2D eigenvalue weighted by atomic mass is 35.5. The summed E-state index contributed by atoms with van der Waals surface area (Å²) in [4.78, 5) is 30.3. The summed E-state index contributed by atoms with van der Waals surface area (Å²) in [7, 11) is 0. The lowest BCUT2D eigenvalue weighted by Crippen LogP contribution is -2.24. The lowest BCUT2D eigenvalue weighted by Gasteiger charge is -2.09. The summed E-state index contributed by atoms with van der Waals surface area (Å²) in [5, 5.41) is 5.42. The van der Waals surface area contributed by atoms with E-state index < -0.39 is 0 Å². The minimum absolute atomic E-state index is 0.00191.